The highest BCUT2D eigenvalue weighted by molar-refractivity contribution is 5.88. The van der Waals surface area contributed by atoms with Gasteiger partial charge in [0.2, 0.25) is 5.88 Å². The normalized spacial score (nSPS) is 18.0. The Hall–Kier alpha value is -3.17. The lowest BCUT2D eigenvalue weighted by atomic mass is 10.1. The molecule has 2 aromatic carbocycles. The highest BCUT2D eigenvalue weighted by atomic mass is 19.1. The number of benzene rings is 2. The summed E-state index contributed by atoms with van der Waals surface area (Å²) in [6.45, 7) is 6.57. The third-order valence-electron chi connectivity index (χ3n) is 7.21. The quantitative estimate of drug-likeness (QED) is 0.427. The van der Waals surface area contributed by atoms with Gasteiger partial charge in [0.25, 0.3) is 0 Å². The molecule has 0 saturated carbocycles. The molecule has 1 amide bonds. The topological polar surface area (TPSA) is 69.8 Å². The van der Waals surface area contributed by atoms with E-state index in [-0.39, 0.29) is 17.7 Å². The van der Waals surface area contributed by atoms with Crippen molar-refractivity contribution in [3.63, 3.8) is 0 Å². The van der Waals surface area contributed by atoms with Crippen LogP contribution in [-0.4, -0.2) is 66.2 Å². The smallest absolute Gasteiger partial charge is 0.414 e. The van der Waals surface area contributed by atoms with E-state index < -0.39 is 17.7 Å². The molecule has 1 aromatic heterocycles. The molecule has 5 rings (SSSR count). The maximum absolute atomic E-state index is 13.5. The SMILES string of the molecule is O=C(NC1CCN(CCN2CCCCCC2)CC1)Oc1cc2c(Oc3cc(F)cc(F)c3)cccc2[nH]1. The second-order valence-electron chi connectivity index (χ2n) is 9.96. The van der Waals surface area contributed by atoms with Crippen LogP contribution in [0.15, 0.2) is 42.5 Å². The first-order valence-corrected chi connectivity index (χ1v) is 13.2. The predicted molar refractivity (Wildman–Crippen MR) is 138 cm³/mol. The number of carbonyl (C=O) groups excluding carboxylic acids is 1. The van der Waals surface area contributed by atoms with Gasteiger partial charge in [-0.1, -0.05) is 18.9 Å². The first kappa shape index (κ1) is 25.5. The Bertz CT molecular complexity index is 1180. The van der Waals surface area contributed by atoms with E-state index in [1.54, 1.807) is 24.3 Å². The van der Waals surface area contributed by atoms with E-state index >= 15 is 0 Å². The van der Waals surface area contributed by atoms with E-state index in [0.29, 0.717) is 16.7 Å². The maximum Gasteiger partial charge on any atom is 0.414 e. The summed E-state index contributed by atoms with van der Waals surface area (Å²) < 4.78 is 38.3. The summed E-state index contributed by atoms with van der Waals surface area (Å²) in [5, 5.41) is 3.61. The van der Waals surface area contributed by atoms with Gasteiger partial charge in [-0.25, -0.2) is 13.6 Å². The number of halogens is 2. The first-order chi connectivity index (χ1) is 18.0. The highest BCUT2D eigenvalue weighted by Gasteiger charge is 2.22. The molecule has 198 valence electrons. The number of carbonyl (C=O) groups is 1. The van der Waals surface area contributed by atoms with Crippen molar-refractivity contribution in [3.8, 4) is 17.4 Å². The van der Waals surface area contributed by atoms with Gasteiger partial charge in [0.1, 0.15) is 23.1 Å². The van der Waals surface area contributed by atoms with Crippen molar-refractivity contribution in [2.75, 3.05) is 39.3 Å². The third-order valence-corrected chi connectivity index (χ3v) is 7.21. The number of rotatable bonds is 7. The van der Waals surface area contributed by atoms with E-state index in [9.17, 15) is 13.6 Å². The molecule has 2 N–H and O–H groups in total. The minimum atomic E-state index is -0.722. The van der Waals surface area contributed by atoms with Crippen LogP contribution >= 0.6 is 0 Å². The molecule has 2 fully saturated rings. The summed E-state index contributed by atoms with van der Waals surface area (Å²) in [5.74, 6) is -0.741. The predicted octanol–water partition coefficient (Wildman–Crippen LogP) is 5.67. The van der Waals surface area contributed by atoms with Crippen molar-refractivity contribution in [3.05, 3.63) is 54.1 Å². The summed E-state index contributed by atoms with van der Waals surface area (Å²) >= 11 is 0. The van der Waals surface area contributed by atoms with Gasteiger partial charge in [0, 0.05) is 61.9 Å². The Morgan fingerprint density at radius 1 is 0.919 bits per heavy atom. The molecule has 0 unspecified atom stereocenters. The maximum atomic E-state index is 13.5. The van der Waals surface area contributed by atoms with Crippen molar-refractivity contribution in [1.82, 2.24) is 20.1 Å². The first-order valence-electron chi connectivity index (χ1n) is 13.2. The van der Waals surface area contributed by atoms with Gasteiger partial charge >= 0.3 is 6.09 Å². The number of nitrogens with one attached hydrogen (secondary N) is 2. The van der Waals surface area contributed by atoms with E-state index in [4.69, 9.17) is 9.47 Å². The Morgan fingerprint density at radius 3 is 2.30 bits per heavy atom. The molecule has 2 aliphatic rings. The average molecular weight is 513 g/mol. The Labute approximate surface area is 215 Å². The van der Waals surface area contributed by atoms with E-state index in [0.717, 1.165) is 57.2 Å². The fourth-order valence-electron chi connectivity index (χ4n) is 5.20. The van der Waals surface area contributed by atoms with Crippen LogP contribution in [0, 0.1) is 11.6 Å². The molecular weight excluding hydrogens is 478 g/mol. The minimum Gasteiger partial charge on any atom is -0.456 e. The van der Waals surface area contributed by atoms with Crippen LogP contribution < -0.4 is 14.8 Å². The lowest BCUT2D eigenvalue weighted by Gasteiger charge is -2.33. The van der Waals surface area contributed by atoms with Crippen LogP contribution in [0.4, 0.5) is 13.6 Å². The number of nitrogens with zero attached hydrogens (tertiary/aromatic N) is 2. The van der Waals surface area contributed by atoms with Crippen LogP contribution in [0.1, 0.15) is 38.5 Å². The van der Waals surface area contributed by atoms with Crippen LogP contribution in [0.2, 0.25) is 0 Å². The van der Waals surface area contributed by atoms with Gasteiger partial charge in [-0.05, 0) is 50.9 Å². The molecule has 37 heavy (non-hydrogen) atoms. The van der Waals surface area contributed by atoms with Gasteiger partial charge in [0.05, 0.1) is 5.52 Å². The van der Waals surface area contributed by atoms with Gasteiger partial charge < -0.3 is 29.6 Å². The molecule has 0 radical (unpaired) electrons. The van der Waals surface area contributed by atoms with Crippen molar-refractivity contribution in [2.24, 2.45) is 0 Å². The average Bonchev–Trinajstić information content (AvgIpc) is 3.09. The number of aromatic nitrogens is 1. The zero-order valence-corrected chi connectivity index (χ0v) is 21.0. The third kappa shape index (κ3) is 6.99. The van der Waals surface area contributed by atoms with Gasteiger partial charge in [-0.15, -0.1) is 0 Å². The molecule has 2 saturated heterocycles. The Balaban J connectivity index is 1.11. The van der Waals surface area contributed by atoms with Crippen molar-refractivity contribution in [2.45, 2.75) is 44.6 Å². The van der Waals surface area contributed by atoms with Crippen molar-refractivity contribution in [1.29, 1.82) is 0 Å². The zero-order valence-electron chi connectivity index (χ0n) is 21.0. The molecule has 3 aromatic rings. The summed E-state index contributed by atoms with van der Waals surface area (Å²) in [6, 6.07) is 9.96. The monoisotopic (exact) mass is 512 g/mol. The number of H-pyrrole nitrogens is 1. The van der Waals surface area contributed by atoms with Gasteiger partial charge in [0.15, 0.2) is 0 Å². The molecule has 0 bridgehead atoms. The number of aromatic amines is 1. The minimum absolute atomic E-state index is 0.0455. The van der Waals surface area contributed by atoms with Crippen LogP contribution in [0.25, 0.3) is 10.9 Å². The lowest BCUT2D eigenvalue weighted by molar-refractivity contribution is 0.157. The molecule has 9 heteroatoms. The fraction of sp³-hybridized carbons (Fsp3) is 0.464. The molecule has 0 spiro atoms. The second kappa shape index (κ2) is 11.9. The number of hydrogen-bond acceptors (Lipinski definition) is 5. The highest BCUT2D eigenvalue weighted by Crippen LogP contribution is 2.33. The second-order valence-corrected chi connectivity index (χ2v) is 9.96. The largest absolute Gasteiger partial charge is 0.456 e. The number of piperidine rings is 1. The zero-order chi connectivity index (χ0) is 25.6. The van der Waals surface area contributed by atoms with Crippen LogP contribution in [0.3, 0.4) is 0 Å². The number of likely N-dealkylation sites (tertiary alicyclic amines) is 2. The van der Waals surface area contributed by atoms with Crippen molar-refractivity contribution >= 4 is 17.0 Å². The number of ether oxygens (including phenoxy) is 2. The number of hydrogen-bond donors (Lipinski definition) is 2. The van der Waals surface area contributed by atoms with Crippen LogP contribution in [-0.2, 0) is 0 Å². The van der Waals surface area contributed by atoms with Crippen molar-refractivity contribution < 1.29 is 23.0 Å². The number of amides is 1. The van der Waals surface area contributed by atoms with Gasteiger partial charge in [-0.3, -0.25) is 0 Å². The summed E-state index contributed by atoms with van der Waals surface area (Å²) in [4.78, 5) is 20.7. The van der Waals surface area contributed by atoms with E-state index in [2.05, 4.69) is 20.1 Å². The van der Waals surface area contributed by atoms with Gasteiger partial charge in [-0.2, -0.15) is 0 Å². The summed E-state index contributed by atoms with van der Waals surface area (Å²) in [7, 11) is 0. The fourth-order valence-corrected chi connectivity index (χ4v) is 5.20. The standard InChI is InChI=1S/C28H34F2N4O3/c29-20-16-21(30)18-23(17-20)36-26-7-5-6-25-24(26)19-27(32-25)37-28(35)31-22-8-12-34(13-9-22)15-14-33-10-3-1-2-4-11-33/h5-7,16-19,22,32H,1-4,8-15H2,(H,31,35). The molecule has 2 aliphatic heterocycles. The lowest BCUT2D eigenvalue weighted by Crippen LogP contribution is -2.47. The molecule has 0 atom stereocenters. The summed E-state index contributed by atoms with van der Waals surface area (Å²) in [6.07, 6.45) is 6.61. The van der Waals surface area contributed by atoms with E-state index in [1.807, 2.05) is 0 Å². The molecular formula is C28H34F2N4O3. The molecule has 7 nitrogen and oxygen atoms in total. The molecule has 0 aliphatic carbocycles. The van der Waals surface area contributed by atoms with Crippen LogP contribution in [0.5, 0.6) is 17.4 Å². The Kier molecular flexibility index (Phi) is 8.21. The van der Waals surface area contributed by atoms with E-state index in [1.165, 1.54) is 38.8 Å². The molecule has 3 heterocycles. The Morgan fingerprint density at radius 2 is 1.59 bits per heavy atom. The summed E-state index contributed by atoms with van der Waals surface area (Å²) in [5.41, 5.74) is 0.676. The number of fused-ring (bicyclic) bond motifs is 1.